The number of rotatable bonds is 5. The van der Waals surface area contributed by atoms with Gasteiger partial charge in [-0.1, -0.05) is 30.3 Å². The summed E-state index contributed by atoms with van der Waals surface area (Å²) in [7, 11) is -2.01. The minimum absolute atomic E-state index is 0.251. The Bertz CT molecular complexity index is 1180. The number of hydrogen-bond donors (Lipinski definition) is 1. The van der Waals surface area contributed by atoms with Crippen LogP contribution in [0.3, 0.4) is 0 Å². The molecular weight excluding hydrogens is 400 g/mol. The first-order valence-electron chi connectivity index (χ1n) is 9.60. The number of ether oxygens (including phenoxy) is 1. The number of nitrogens with zero attached hydrogens (tertiary/aromatic N) is 1. The second-order valence-corrected chi connectivity index (χ2v) is 9.01. The molecule has 1 heterocycles. The van der Waals surface area contributed by atoms with Gasteiger partial charge in [0.15, 0.2) is 0 Å². The summed E-state index contributed by atoms with van der Waals surface area (Å²) in [4.78, 5) is 12.9. The smallest absolute Gasteiger partial charge is 0.255 e. The molecule has 1 N–H and O–H groups in total. The summed E-state index contributed by atoms with van der Waals surface area (Å²) < 4.78 is 32.6. The van der Waals surface area contributed by atoms with Crippen molar-refractivity contribution in [3.63, 3.8) is 0 Å². The highest BCUT2D eigenvalue weighted by Crippen LogP contribution is 2.27. The molecule has 1 aliphatic rings. The van der Waals surface area contributed by atoms with Crippen LogP contribution in [0.5, 0.6) is 5.75 Å². The van der Waals surface area contributed by atoms with Crippen molar-refractivity contribution in [2.75, 3.05) is 19.0 Å². The Morgan fingerprint density at radius 3 is 2.53 bits per heavy atom. The molecule has 0 radical (unpaired) electrons. The maximum atomic E-state index is 12.9. The maximum absolute atomic E-state index is 12.9. The first kappa shape index (κ1) is 20.1. The zero-order valence-corrected chi connectivity index (χ0v) is 17.4. The molecular formula is C23H22N2O4S. The van der Waals surface area contributed by atoms with E-state index in [1.165, 1.54) is 4.31 Å². The number of benzene rings is 3. The SMILES string of the molecule is COc1cccc(C(=O)Nc2ccc3c(c2)CN(S(=O)(=O)c2ccccc2)CC3)c1. The number of anilines is 1. The van der Waals surface area contributed by atoms with Crippen LogP contribution in [-0.2, 0) is 23.0 Å². The molecule has 0 atom stereocenters. The summed E-state index contributed by atoms with van der Waals surface area (Å²) in [5, 5.41) is 2.88. The van der Waals surface area contributed by atoms with Crippen molar-refractivity contribution in [2.24, 2.45) is 0 Å². The Morgan fingerprint density at radius 1 is 0.967 bits per heavy atom. The van der Waals surface area contributed by atoms with Gasteiger partial charge >= 0.3 is 0 Å². The summed E-state index contributed by atoms with van der Waals surface area (Å²) in [6.45, 7) is 0.704. The average molecular weight is 423 g/mol. The molecule has 154 valence electrons. The van der Waals surface area contributed by atoms with Crippen LogP contribution in [0.25, 0.3) is 0 Å². The molecule has 0 unspecified atom stereocenters. The van der Waals surface area contributed by atoms with Crippen molar-refractivity contribution in [3.8, 4) is 5.75 Å². The number of carbonyl (C=O) groups excluding carboxylic acids is 1. The molecule has 7 heteroatoms. The summed E-state index contributed by atoms with van der Waals surface area (Å²) in [5.41, 5.74) is 3.10. The number of amides is 1. The first-order chi connectivity index (χ1) is 14.5. The van der Waals surface area contributed by atoms with Crippen LogP contribution in [0, 0.1) is 0 Å². The van der Waals surface area contributed by atoms with E-state index in [0.717, 1.165) is 11.1 Å². The fourth-order valence-electron chi connectivity index (χ4n) is 3.52. The lowest BCUT2D eigenvalue weighted by Crippen LogP contribution is -2.36. The van der Waals surface area contributed by atoms with Crippen molar-refractivity contribution in [1.29, 1.82) is 0 Å². The molecule has 1 amide bonds. The van der Waals surface area contributed by atoms with Gasteiger partial charge < -0.3 is 10.1 Å². The lowest BCUT2D eigenvalue weighted by Gasteiger charge is -2.28. The van der Waals surface area contributed by atoms with E-state index in [2.05, 4.69) is 5.32 Å². The highest BCUT2D eigenvalue weighted by atomic mass is 32.2. The maximum Gasteiger partial charge on any atom is 0.255 e. The Balaban J connectivity index is 1.54. The minimum atomic E-state index is -3.56. The molecule has 0 aromatic heterocycles. The molecule has 30 heavy (non-hydrogen) atoms. The summed E-state index contributed by atoms with van der Waals surface area (Å²) in [6, 6.07) is 21.0. The van der Waals surface area contributed by atoms with Gasteiger partial charge in [-0.25, -0.2) is 8.42 Å². The summed E-state index contributed by atoms with van der Waals surface area (Å²) in [5.74, 6) is 0.355. The average Bonchev–Trinajstić information content (AvgIpc) is 2.79. The van der Waals surface area contributed by atoms with Crippen LogP contribution in [0.15, 0.2) is 77.7 Å². The molecule has 3 aromatic carbocycles. The van der Waals surface area contributed by atoms with Crippen LogP contribution < -0.4 is 10.1 Å². The Hall–Kier alpha value is -3.16. The van der Waals surface area contributed by atoms with Gasteiger partial charge in [0.05, 0.1) is 12.0 Å². The third kappa shape index (κ3) is 4.08. The van der Waals surface area contributed by atoms with Crippen LogP contribution in [-0.4, -0.2) is 32.3 Å². The number of hydrogen-bond acceptors (Lipinski definition) is 4. The number of nitrogens with one attached hydrogen (secondary N) is 1. The van der Waals surface area contributed by atoms with Gasteiger partial charge in [0.2, 0.25) is 10.0 Å². The standard InChI is InChI=1S/C23H22N2O4S/c1-29-21-7-5-6-18(15-21)23(26)24-20-11-10-17-12-13-25(16-19(17)14-20)30(27,28)22-8-3-2-4-9-22/h2-11,14-15H,12-13,16H2,1H3,(H,24,26). The van der Waals surface area contributed by atoms with Gasteiger partial charge in [0, 0.05) is 24.3 Å². The molecule has 4 rings (SSSR count). The lowest BCUT2D eigenvalue weighted by atomic mass is 10.0. The third-order valence-corrected chi connectivity index (χ3v) is 7.01. The summed E-state index contributed by atoms with van der Waals surface area (Å²) >= 11 is 0. The highest BCUT2D eigenvalue weighted by Gasteiger charge is 2.28. The van der Waals surface area contributed by atoms with Crippen molar-refractivity contribution in [1.82, 2.24) is 4.31 Å². The van der Waals surface area contributed by atoms with Gasteiger partial charge in [-0.05, 0) is 60.0 Å². The lowest BCUT2D eigenvalue weighted by molar-refractivity contribution is 0.102. The second-order valence-electron chi connectivity index (χ2n) is 7.07. The molecule has 0 bridgehead atoms. The van der Waals surface area contributed by atoms with Gasteiger partial charge in [-0.2, -0.15) is 4.31 Å². The molecule has 0 saturated carbocycles. The first-order valence-corrected chi connectivity index (χ1v) is 11.0. The fourth-order valence-corrected chi connectivity index (χ4v) is 4.96. The number of fused-ring (bicyclic) bond motifs is 1. The molecule has 0 spiro atoms. The zero-order valence-electron chi connectivity index (χ0n) is 16.5. The van der Waals surface area contributed by atoms with Crippen molar-refractivity contribution < 1.29 is 17.9 Å². The fraction of sp³-hybridized carbons (Fsp3) is 0.174. The predicted molar refractivity (Wildman–Crippen MR) is 115 cm³/mol. The van der Waals surface area contributed by atoms with E-state index in [-0.39, 0.29) is 17.3 Å². The molecule has 0 fully saturated rings. The minimum Gasteiger partial charge on any atom is -0.497 e. The van der Waals surface area contributed by atoms with Gasteiger partial charge in [-0.3, -0.25) is 4.79 Å². The Labute approximate surface area is 176 Å². The molecule has 1 aliphatic heterocycles. The molecule has 3 aromatic rings. The quantitative estimate of drug-likeness (QED) is 0.680. The van der Waals surface area contributed by atoms with Gasteiger partial charge in [0.1, 0.15) is 5.75 Å². The Morgan fingerprint density at radius 2 is 1.77 bits per heavy atom. The Kier molecular flexibility index (Phi) is 5.57. The van der Waals surface area contributed by atoms with E-state index >= 15 is 0 Å². The number of carbonyl (C=O) groups is 1. The molecule has 0 aliphatic carbocycles. The molecule has 0 saturated heterocycles. The highest BCUT2D eigenvalue weighted by molar-refractivity contribution is 7.89. The van der Waals surface area contributed by atoms with Crippen molar-refractivity contribution in [3.05, 3.63) is 89.5 Å². The van der Waals surface area contributed by atoms with E-state index in [9.17, 15) is 13.2 Å². The van der Waals surface area contributed by atoms with E-state index in [0.29, 0.717) is 30.0 Å². The van der Waals surface area contributed by atoms with Gasteiger partial charge in [0.25, 0.3) is 5.91 Å². The predicted octanol–water partition coefficient (Wildman–Crippen LogP) is 3.69. The largest absolute Gasteiger partial charge is 0.497 e. The second kappa shape index (κ2) is 8.30. The van der Waals surface area contributed by atoms with E-state index in [1.54, 1.807) is 61.7 Å². The topological polar surface area (TPSA) is 75.7 Å². The monoisotopic (exact) mass is 422 g/mol. The third-order valence-electron chi connectivity index (χ3n) is 5.15. The number of methoxy groups -OCH3 is 1. The molecule has 6 nitrogen and oxygen atoms in total. The van der Waals surface area contributed by atoms with Crippen LogP contribution >= 0.6 is 0 Å². The van der Waals surface area contributed by atoms with Crippen molar-refractivity contribution in [2.45, 2.75) is 17.9 Å². The van der Waals surface area contributed by atoms with Crippen molar-refractivity contribution >= 4 is 21.6 Å². The zero-order chi connectivity index (χ0) is 21.1. The number of sulfonamides is 1. The normalized spacial score (nSPS) is 14.0. The summed E-state index contributed by atoms with van der Waals surface area (Å²) in [6.07, 6.45) is 0.630. The van der Waals surface area contributed by atoms with E-state index < -0.39 is 10.0 Å². The van der Waals surface area contributed by atoms with E-state index in [1.807, 2.05) is 18.2 Å². The van der Waals surface area contributed by atoms with Gasteiger partial charge in [-0.15, -0.1) is 0 Å². The van der Waals surface area contributed by atoms with Crippen LogP contribution in [0.1, 0.15) is 21.5 Å². The van der Waals surface area contributed by atoms with E-state index in [4.69, 9.17) is 4.74 Å². The van der Waals surface area contributed by atoms with Crippen LogP contribution in [0.2, 0.25) is 0 Å². The van der Waals surface area contributed by atoms with Crippen LogP contribution in [0.4, 0.5) is 5.69 Å².